The number of ether oxygens (including phenoxy) is 1. The fourth-order valence-corrected chi connectivity index (χ4v) is 3.07. The van der Waals surface area contributed by atoms with E-state index < -0.39 is 5.97 Å². The Bertz CT molecular complexity index is 495. The topological polar surface area (TPSA) is 46.5 Å². The van der Waals surface area contributed by atoms with Crippen LogP contribution in [0.15, 0.2) is 18.2 Å². The maximum Gasteiger partial charge on any atom is 0.306 e. The molecule has 1 aromatic carbocycles. The molecule has 0 aromatic heterocycles. The van der Waals surface area contributed by atoms with E-state index in [-0.39, 0.29) is 5.92 Å². The molecule has 0 saturated heterocycles. The van der Waals surface area contributed by atoms with Gasteiger partial charge in [-0.1, -0.05) is 26.8 Å². The fraction of sp³-hybridized carbons (Fsp3) is 0.611. The van der Waals surface area contributed by atoms with Gasteiger partial charge in [-0.15, -0.1) is 0 Å². The predicted octanol–water partition coefficient (Wildman–Crippen LogP) is 3.94. The van der Waals surface area contributed by atoms with Crippen molar-refractivity contribution in [2.75, 3.05) is 6.61 Å². The summed E-state index contributed by atoms with van der Waals surface area (Å²) in [4.78, 5) is 11.0. The van der Waals surface area contributed by atoms with Crippen LogP contribution in [-0.4, -0.2) is 17.7 Å². The summed E-state index contributed by atoms with van der Waals surface area (Å²) < 4.78 is 5.69. The van der Waals surface area contributed by atoms with Gasteiger partial charge >= 0.3 is 5.97 Å². The zero-order chi connectivity index (χ0) is 15.4. The summed E-state index contributed by atoms with van der Waals surface area (Å²) in [5.41, 5.74) is 2.66. The summed E-state index contributed by atoms with van der Waals surface area (Å²) in [7, 11) is 0. The van der Waals surface area contributed by atoms with E-state index in [2.05, 4.69) is 32.9 Å². The van der Waals surface area contributed by atoms with Crippen molar-refractivity contribution in [1.82, 2.24) is 0 Å². The van der Waals surface area contributed by atoms with Crippen molar-refractivity contribution in [3.05, 3.63) is 29.3 Å². The van der Waals surface area contributed by atoms with Gasteiger partial charge in [0.25, 0.3) is 0 Å². The minimum Gasteiger partial charge on any atom is -0.494 e. The van der Waals surface area contributed by atoms with Crippen molar-refractivity contribution in [3.63, 3.8) is 0 Å². The van der Waals surface area contributed by atoms with Crippen molar-refractivity contribution in [2.45, 2.75) is 46.5 Å². The lowest BCUT2D eigenvalue weighted by Gasteiger charge is -2.15. The smallest absolute Gasteiger partial charge is 0.306 e. The van der Waals surface area contributed by atoms with Crippen molar-refractivity contribution in [3.8, 4) is 5.75 Å². The number of carboxylic acids is 1. The van der Waals surface area contributed by atoms with Crippen LogP contribution in [-0.2, 0) is 17.6 Å². The molecule has 3 unspecified atom stereocenters. The molecule has 0 radical (unpaired) electrons. The van der Waals surface area contributed by atoms with Gasteiger partial charge < -0.3 is 9.84 Å². The van der Waals surface area contributed by atoms with E-state index in [9.17, 15) is 4.79 Å². The lowest BCUT2D eigenvalue weighted by Crippen LogP contribution is -2.09. The first-order chi connectivity index (χ1) is 10.1. The Labute approximate surface area is 127 Å². The molecule has 0 bridgehead atoms. The van der Waals surface area contributed by atoms with E-state index in [1.807, 2.05) is 6.07 Å². The van der Waals surface area contributed by atoms with Crippen LogP contribution in [0.1, 0.15) is 44.7 Å². The van der Waals surface area contributed by atoms with Gasteiger partial charge in [0.1, 0.15) is 5.75 Å². The minimum atomic E-state index is -0.633. The molecule has 3 nitrogen and oxygen atoms in total. The molecule has 1 N–H and O–H groups in total. The molecule has 0 aliphatic heterocycles. The van der Waals surface area contributed by atoms with Gasteiger partial charge in [-0.3, -0.25) is 4.79 Å². The molecule has 1 aromatic rings. The molecule has 0 amide bonds. The van der Waals surface area contributed by atoms with E-state index in [0.29, 0.717) is 11.8 Å². The number of aliphatic carboxylic acids is 1. The summed E-state index contributed by atoms with van der Waals surface area (Å²) >= 11 is 0. The maximum atomic E-state index is 11.0. The molecule has 1 fully saturated rings. The molecule has 116 valence electrons. The van der Waals surface area contributed by atoms with E-state index in [1.165, 1.54) is 11.1 Å². The van der Waals surface area contributed by atoms with Crippen LogP contribution in [0, 0.1) is 17.8 Å². The molecule has 1 saturated carbocycles. The summed E-state index contributed by atoms with van der Waals surface area (Å²) in [5, 5.41) is 9.04. The minimum absolute atomic E-state index is 0.114. The fourth-order valence-electron chi connectivity index (χ4n) is 3.07. The number of carboxylic acid groups (broad SMARTS) is 1. The number of carbonyl (C=O) groups is 1. The lowest BCUT2D eigenvalue weighted by molar-refractivity contribution is -0.139. The first-order valence-electron chi connectivity index (χ1n) is 8.04. The second kappa shape index (κ2) is 6.97. The number of hydrogen-bond acceptors (Lipinski definition) is 2. The second-order valence-electron chi connectivity index (χ2n) is 6.16. The third-order valence-corrected chi connectivity index (χ3v) is 4.46. The Kier molecular flexibility index (Phi) is 5.27. The first kappa shape index (κ1) is 15.9. The summed E-state index contributed by atoms with van der Waals surface area (Å²) in [6.45, 7) is 7.19. The Morgan fingerprint density at radius 2 is 2.14 bits per heavy atom. The van der Waals surface area contributed by atoms with Crippen LogP contribution in [0.2, 0.25) is 0 Å². The number of aryl methyl sites for hydroxylation is 1. The highest BCUT2D eigenvalue weighted by molar-refractivity contribution is 5.73. The van der Waals surface area contributed by atoms with Gasteiger partial charge in [0.05, 0.1) is 12.5 Å². The van der Waals surface area contributed by atoms with Crippen LogP contribution in [0.5, 0.6) is 5.75 Å². The molecule has 1 aliphatic carbocycles. The number of hydrogen-bond donors (Lipinski definition) is 1. The van der Waals surface area contributed by atoms with Crippen molar-refractivity contribution in [2.24, 2.45) is 17.8 Å². The summed E-state index contributed by atoms with van der Waals surface area (Å²) in [5.74, 6) is 0.977. The van der Waals surface area contributed by atoms with Gasteiger partial charge in [-0.25, -0.2) is 0 Å². The lowest BCUT2D eigenvalue weighted by atomic mass is 9.92. The molecule has 0 heterocycles. The maximum absolute atomic E-state index is 11.0. The summed E-state index contributed by atoms with van der Waals surface area (Å²) in [6, 6.07) is 6.33. The van der Waals surface area contributed by atoms with Crippen molar-refractivity contribution in [1.29, 1.82) is 0 Å². The number of benzene rings is 1. The highest BCUT2D eigenvalue weighted by Gasteiger charge is 2.46. The zero-order valence-corrected chi connectivity index (χ0v) is 13.3. The van der Waals surface area contributed by atoms with Gasteiger partial charge in [0.2, 0.25) is 0 Å². The molecular formula is C18H26O3. The molecule has 2 rings (SSSR count). The van der Waals surface area contributed by atoms with Crippen LogP contribution in [0.3, 0.4) is 0 Å². The largest absolute Gasteiger partial charge is 0.494 e. The Balaban J connectivity index is 2.01. The van der Waals surface area contributed by atoms with E-state index in [1.54, 1.807) is 0 Å². The van der Waals surface area contributed by atoms with Crippen molar-refractivity contribution < 1.29 is 14.6 Å². The predicted molar refractivity (Wildman–Crippen MR) is 83.7 cm³/mol. The Morgan fingerprint density at radius 3 is 2.71 bits per heavy atom. The number of rotatable bonds is 8. The van der Waals surface area contributed by atoms with E-state index >= 15 is 0 Å². The standard InChI is InChI=1S/C18H26O3/c1-4-8-21-15-7-6-14(13(5-2)10-15)9-12(3)16-11-17(16)18(19)20/h6-7,10,12,16-17H,4-5,8-9,11H2,1-3H3,(H,19,20). The van der Waals surface area contributed by atoms with Crippen LogP contribution in [0.25, 0.3) is 0 Å². The van der Waals surface area contributed by atoms with Gasteiger partial charge in [-0.05, 0) is 60.8 Å². The molecule has 3 atom stereocenters. The third kappa shape index (κ3) is 3.99. The molecule has 0 spiro atoms. The quantitative estimate of drug-likeness (QED) is 0.789. The summed E-state index contributed by atoms with van der Waals surface area (Å²) in [6.07, 6.45) is 3.80. The Morgan fingerprint density at radius 1 is 1.38 bits per heavy atom. The highest BCUT2D eigenvalue weighted by atomic mass is 16.5. The van der Waals surface area contributed by atoms with Gasteiger partial charge in [0, 0.05) is 0 Å². The average Bonchev–Trinajstić information content (AvgIpc) is 3.26. The molecule has 1 aliphatic rings. The SMILES string of the molecule is CCCOc1ccc(CC(C)C2CC2C(=O)O)c(CC)c1. The first-order valence-corrected chi connectivity index (χ1v) is 8.04. The zero-order valence-electron chi connectivity index (χ0n) is 13.3. The van der Waals surface area contributed by atoms with Gasteiger partial charge in [-0.2, -0.15) is 0 Å². The second-order valence-corrected chi connectivity index (χ2v) is 6.16. The monoisotopic (exact) mass is 290 g/mol. The van der Waals surface area contributed by atoms with Crippen molar-refractivity contribution >= 4 is 5.97 Å². The highest BCUT2D eigenvalue weighted by Crippen LogP contribution is 2.45. The van der Waals surface area contributed by atoms with Crippen LogP contribution < -0.4 is 4.74 Å². The normalized spacial score (nSPS) is 21.9. The van der Waals surface area contributed by atoms with E-state index in [4.69, 9.17) is 9.84 Å². The van der Waals surface area contributed by atoms with Crippen LogP contribution >= 0.6 is 0 Å². The molecule has 3 heteroatoms. The average molecular weight is 290 g/mol. The molecular weight excluding hydrogens is 264 g/mol. The van der Waals surface area contributed by atoms with Gasteiger partial charge in [0.15, 0.2) is 0 Å². The molecule has 21 heavy (non-hydrogen) atoms. The Hall–Kier alpha value is -1.51. The van der Waals surface area contributed by atoms with E-state index in [0.717, 1.165) is 38.0 Å². The third-order valence-electron chi connectivity index (χ3n) is 4.46. The van der Waals surface area contributed by atoms with Crippen LogP contribution in [0.4, 0.5) is 0 Å².